The van der Waals surface area contributed by atoms with Crippen molar-refractivity contribution in [2.75, 3.05) is 40.4 Å². The number of ether oxygens (including phenoxy) is 1. The quantitative estimate of drug-likeness (QED) is 0.343. The number of aryl methyl sites for hydroxylation is 1. The first-order chi connectivity index (χ1) is 13.5. The van der Waals surface area contributed by atoms with Gasteiger partial charge >= 0.3 is 0 Å². The predicted octanol–water partition coefficient (Wildman–Crippen LogP) is 2.63. The fourth-order valence-corrected chi connectivity index (χ4v) is 3.64. The number of carbonyl (C=O) groups excluding carboxylic acids is 1. The molecule has 1 saturated carbocycles. The second-order valence-electron chi connectivity index (χ2n) is 7.52. The summed E-state index contributed by atoms with van der Waals surface area (Å²) in [6, 6.07) is 4.50. The zero-order chi connectivity index (χ0) is 20.4. The molecule has 1 aliphatic carbocycles. The molecule has 6 nitrogen and oxygen atoms in total. The monoisotopic (exact) mass is 392 g/mol. The molecule has 1 aromatic carbocycles. The van der Waals surface area contributed by atoms with Crippen LogP contribution in [0.25, 0.3) is 0 Å². The van der Waals surface area contributed by atoms with Crippen molar-refractivity contribution in [1.82, 2.24) is 16.0 Å². The third kappa shape index (κ3) is 6.48. The molecule has 0 heterocycles. The van der Waals surface area contributed by atoms with Crippen molar-refractivity contribution in [3.05, 3.63) is 35.1 Å². The molecule has 0 atom stereocenters. The van der Waals surface area contributed by atoms with Crippen LogP contribution >= 0.6 is 0 Å². The minimum atomic E-state index is -0.371. The predicted molar refractivity (Wildman–Crippen MR) is 110 cm³/mol. The maximum absolute atomic E-state index is 13.6. The van der Waals surface area contributed by atoms with Crippen LogP contribution in [-0.2, 0) is 4.74 Å². The second kappa shape index (κ2) is 11.0. The number of rotatable bonds is 9. The van der Waals surface area contributed by atoms with Gasteiger partial charge in [0.25, 0.3) is 5.91 Å². The van der Waals surface area contributed by atoms with Crippen molar-refractivity contribution >= 4 is 11.9 Å². The summed E-state index contributed by atoms with van der Waals surface area (Å²) in [6.07, 6.45) is 6.01. The molecule has 0 aromatic heterocycles. The third-order valence-electron chi connectivity index (χ3n) is 5.49. The van der Waals surface area contributed by atoms with E-state index in [9.17, 15) is 9.18 Å². The lowest BCUT2D eigenvalue weighted by Crippen LogP contribution is -2.45. The Kier molecular flexibility index (Phi) is 8.70. The Labute approximate surface area is 167 Å². The van der Waals surface area contributed by atoms with E-state index in [1.807, 2.05) is 0 Å². The molecule has 28 heavy (non-hydrogen) atoms. The molecule has 1 fully saturated rings. The van der Waals surface area contributed by atoms with Gasteiger partial charge in [0.05, 0.1) is 0 Å². The van der Waals surface area contributed by atoms with Crippen LogP contribution in [0.3, 0.4) is 0 Å². The summed E-state index contributed by atoms with van der Waals surface area (Å²) < 4.78 is 18.9. The van der Waals surface area contributed by atoms with E-state index in [-0.39, 0.29) is 17.1 Å². The highest BCUT2D eigenvalue weighted by Gasteiger charge is 2.33. The molecular weight excluding hydrogens is 359 g/mol. The lowest BCUT2D eigenvalue weighted by atomic mass is 9.83. The molecule has 0 unspecified atom stereocenters. The van der Waals surface area contributed by atoms with Crippen molar-refractivity contribution in [1.29, 1.82) is 0 Å². The molecule has 0 bridgehead atoms. The van der Waals surface area contributed by atoms with Crippen molar-refractivity contribution in [3.63, 3.8) is 0 Å². The van der Waals surface area contributed by atoms with Gasteiger partial charge in [-0.15, -0.1) is 0 Å². The van der Waals surface area contributed by atoms with Gasteiger partial charge in [0.2, 0.25) is 0 Å². The first kappa shape index (κ1) is 22.1. The van der Waals surface area contributed by atoms with Gasteiger partial charge in [-0.1, -0.05) is 18.9 Å². The largest absolute Gasteiger partial charge is 0.385 e. The average molecular weight is 393 g/mol. The molecule has 0 spiro atoms. The Morgan fingerprint density at radius 1 is 1.21 bits per heavy atom. The van der Waals surface area contributed by atoms with Gasteiger partial charge in [-0.25, -0.2) is 4.39 Å². The molecule has 0 radical (unpaired) electrons. The summed E-state index contributed by atoms with van der Waals surface area (Å²) in [4.78, 5) is 16.4. The number of aliphatic imine (C=N–C) groups is 1. The van der Waals surface area contributed by atoms with Crippen molar-refractivity contribution in [2.24, 2.45) is 10.4 Å². The van der Waals surface area contributed by atoms with E-state index in [1.54, 1.807) is 33.2 Å². The fraction of sp³-hybridized carbons (Fsp3) is 0.619. The number of benzene rings is 1. The number of amides is 1. The zero-order valence-electron chi connectivity index (χ0n) is 17.2. The first-order valence-corrected chi connectivity index (χ1v) is 9.97. The first-order valence-electron chi connectivity index (χ1n) is 9.97. The van der Waals surface area contributed by atoms with E-state index in [1.165, 1.54) is 31.7 Å². The van der Waals surface area contributed by atoms with Gasteiger partial charge in [0.1, 0.15) is 5.82 Å². The molecule has 3 N–H and O–H groups in total. The number of carbonyl (C=O) groups is 1. The third-order valence-corrected chi connectivity index (χ3v) is 5.49. The molecule has 1 aliphatic rings. The van der Waals surface area contributed by atoms with E-state index < -0.39 is 0 Å². The summed E-state index contributed by atoms with van der Waals surface area (Å²) in [5.74, 6) is 0.0668. The SMILES string of the molecule is CN=C(NCCNC(=O)c1ccc(C)c(F)c1)NCC1(CCOC)CCCC1. The van der Waals surface area contributed by atoms with E-state index in [2.05, 4.69) is 20.9 Å². The van der Waals surface area contributed by atoms with Crippen LogP contribution in [0.4, 0.5) is 4.39 Å². The van der Waals surface area contributed by atoms with Crippen LogP contribution in [0.5, 0.6) is 0 Å². The molecule has 156 valence electrons. The Bertz CT molecular complexity index is 672. The maximum Gasteiger partial charge on any atom is 0.251 e. The van der Waals surface area contributed by atoms with Gasteiger partial charge in [0.15, 0.2) is 5.96 Å². The highest BCUT2D eigenvalue weighted by molar-refractivity contribution is 5.94. The van der Waals surface area contributed by atoms with Gasteiger partial charge < -0.3 is 20.7 Å². The van der Waals surface area contributed by atoms with Crippen LogP contribution < -0.4 is 16.0 Å². The van der Waals surface area contributed by atoms with Crippen LogP contribution in [0.15, 0.2) is 23.2 Å². The summed E-state index contributed by atoms with van der Waals surface area (Å²) in [5, 5.41) is 9.42. The van der Waals surface area contributed by atoms with E-state index >= 15 is 0 Å². The molecule has 1 aromatic rings. The molecule has 7 heteroatoms. The Morgan fingerprint density at radius 3 is 2.57 bits per heavy atom. The lowest BCUT2D eigenvalue weighted by Gasteiger charge is -2.30. The Balaban J connectivity index is 1.73. The minimum absolute atomic E-state index is 0.275. The smallest absolute Gasteiger partial charge is 0.251 e. The number of methoxy groups -OCH3 is 1. The van der Waals surface area contributed by atoms with Gasteiger partial charge in [-0.05, 0) is 49.3 Å². The number of guanidine groups is 1. The van der Waals surface area contributed by atoms with E-state index in [0.717, 1.165) is 25.5 Å². The van der Waals surface area contributed by atoms with E-state index in [4.69, 9.17) is 4.74 Å². The summed E-state index contributed by atoms with van der Waals surface area (Å²) in [7, 11) is 3.48. The average Bonchev–Trinajstić information content (AvgIpc) is 3.17. The fourth-order valence-electron chi connectivity index (χ4n) is 3.64. The lowest BCUT2D eigenvalue weighted by molar-refractivity contribution is 0.0954. The van der Waals surface area contributed by atoms with Crippen molar-refractivity contribution in [3.8, 4) is 0 Å². The zero-order valence-corrected chi connectivity index (χ0v) is 17.2. The van der Waals surface area contributed by atoms with Crippen LogP contribution in [-0.4, -0.2) is 52.3 Å². The number of nitrogens with one attached hydrogen (secondary N) is 3. The summed E-state index contributed by atoms with van der Waals surface area (Å²) in [6.45, 7) is 4.27. The van der Waals surface area contributed by atoms with Crippen LogP contribution in [0.1, 0.15) is 48.0 Å². The van der Waals surface area contributed by atoms with Crippen molar-refractivity contribution in [2.45, 2.75) is 39.0 Å². The molecule has 0 saturated heterocycles. The molecular formula is C21H33FN4O2. The second-order valence-corrected chi connectivity index (χ2v) is 7.52. The van der Waals surface area contributed by atoms with E-state index in [0.29, 0.717) is 24.2 Å². The topological polar surface area (TPSA) is 74.8 Å². The normalized spacial score (nSPS) is 16.1. The van der Waals surface area contributed by atoms with Crippen LogP contribution in [0.2, 0.25) is 0 Å². The molecule has 0 aliphatic heterocycles. The van der Waals surface area contributed by atoms with Gasteiger partial charge in [0, 0.05) is 46.0 Å². The summed E-state index contributed by atoms with van der Waals surface area (Å²) in [5.41, 5.74) is 1.13. The number of hydrogen-bond acceptors (Lipinski definition) is 3. The number of halogens is 1. The maximum atomic E-state index is 13.6. The molecule has 2 rings (SSSR count). The standard InChI is InChI=1S/C21H33FN4O2/c1-16-6-7-17(14-18(16)22)19(27)24-11-12-25-20(23-2)26-15-21(10-13-28-3)8-4-5-9-21/h6-7,14H,4-5,8-13,15H2,1-3H3,(H,24,27)(H2,23,25,26). The highest BCUT2D eigenvalue weighted by atomic mass is 19.1. The van der Waals surface area contributed by atoms with Gasteiger partial charge in [-0.2, -0.15) is 0 Å². The van der Waals surface area contributed by atoms with Crippen LogP contribution in [0, 0.1) is 18.2 Å². The Hall–Kier alpha value is -2.15. The Morgan fingerprint density at radius 2 is 1.93 bits per heavy atom. The minimum Gasteiger partial charge on any atom is -0.385 e. The molecule has 1 amide bonds. The van der Waals surface area contributed by atoms with Crippen molar-refractivity contribution < 1.29 is 13.9 Å². The summed E-state index contributed by atoms with van der Waals surface area (Å²) >= 11 is 0. The number of nitrogens with zero attached hydrogens (tertiary/aromatic N) is 1. The highest BCUT2D eigenvalue weighted by Crippen LogP contribution is 2.40. The number of hydrogen-bond donors (Lipinski definition) is 3. The van der Waals surface area contributed by atoms with Gasteiger partial charge in [-0.3, -0.25) is 9.79 Å².